The molecular formula is C20H33F3IN5. The van der Waals surface area contributed by atoms with Crippen LogP contribution in [0.1, 0.15) is 18.9 Å². The summed E-state index contributed by atoms with van der Waals surface area (Å²) >= 11 is 0. The van der Waals surface area contributed by atoms with Gasteiger partial charge in [0.1, 0.15) is 0 Å². The van der Waals surface area contributed by atoms with Gasteiger partial charge in [-0.3, -0.25) is 9.89 Å². The van der Waals surface area contributed by atoms with E-state index >= 15 is 0 Å². The second kappa shape index (κ2) is 12.5. The molecule has 0 bridgehead atoms. The molecule has 1 aromatic rings. The zero-order chi connectivity index (χ0) is 20.6. The maximum atomic E-state index is 12.5. The number of likely N-dealkylation sites (tertiary alicyclic amines) is 1. The summed E-state index contributed by atoms with van der Waals surface area (Å²) < 4.78 is 37.5. The predicted octanol–water partition coefficient (Wildman–Crippen LogP) is 3.49. The number of anilines is 1. The van der Waals surface area contributed by atoms with Gasteiger partial charge in [0.15, 0.2) is 5.96 Å². The number of nitrogens with zero attached hydrogens (tertiary/aromatic N) is 3. The van der Waals surface area contributed by atoms with Gasteiger partial charge in [0.05, 0.1) is 6.54 Å². The molecule has 2 N–H and O–H groups in total. The van der Waals surface area contributed by atoms with Gasteiger partial charge in [-0.15, -0.1) is 24.0 Å². The third-order valence-corrected chi connectivity index (χ3v) is 4.98. The number of alkyl halides is 3. The highest BCUT2D eigenvalue weighted by atomic mass is 127. The lowest BCUT2D eigenvalue weighted by Crippen LogP contribution is -2.43. The summed E-state index contributed by atoms with van der Waals surface area (Å²) in [6.07, 6.45) is -3.35. The van der Waals surface area contributed by atoms with Gasteiger partial charge in [0.2, 0.25) is 0 Å². The molecule has 2 rings (SSSR count). The fraction of sp³-hybridized carbons (Fsp3) is 0.650. The summed E-state index contributed by atoms with van der Waals surface area (Å²) in [6.45, 7) is 7.47. The van der Waals surface area contributed by atoms with Crippen LogP contribution in [-0.2, 0) is 0 Å². The van der Waals surface area contributed by atoms with Gasteiger partial charge >= 0.3 is 6.18 Å². The molecule has 1 heterocycles. The number of rotatable bonds is 8. The molecule has 1 aliphatic rings. The Hall–Kier alpha value is -1.23. The molecule has 0 aromatic heterocycles. The third kappa shape index (κ3) is 9.41. The van der Waals surface area contributed by atoms with Crippen molar-refractivity contribution in [1.29, 1.82) is 0 Å². The number of hydrogen-bond donors (Lipinski definition) is 2. The van der Waals surface area contributed by atoms with Crippen molar-refractivity contribution in [2.24, 2.45) is 10.9 Å². The van der Waals surface area contributed by atoms with Gasteiger partial charge in [-0.2, -0.15) is 13.2 Å². The molecule has 1 aliphatic heterocycles. The van der Waals surface area contributed by atoms with Crippen LogP contribution in [0.5, 0.6) is 0 Å². The summed E-state index contributed by atoms with van der Waals surface area (Å²) in [5.74, 6) is 0.898. The van der Waals surface area contributed by atoms with Crippen LogP contribution in [0.4, 0.5) is 18.9 Å². The van der Waals surface area contributed by atoms with Gasteiger partial charge in [-0.1, -0.05) is 12.1 Å². The maximum absolute atomic E-state index is 12.5. The highest BCUT2D eigenvalue weighted by Gasteiger charge is 2.34. The minimum atomic E-state index is -4.12. The summed E-state index contributed by atoms with van der Waals surface area (Å²) in [7, 11) is 1.71. The Kier molecular flexibility index (Phi) is 11.1. The molecule has 0 spiro atoms. The number of hydrogen-bond acceptors (Lipinski definition) is 3. The van der Waals surface area contributed by atoms with E-state index in [1.54, 1.807) is 7.05 Å². The molecule has 5 nitrogen and oxygen atoms in total. The quantitative estimate of drug-likeness (QED) is 0.309. The first-order chi connectivity index (χ1) is 13.3. The topological polar surface area (TPSA) is 42.9 Å². The van der Waals surface area contributed by atoms with E-state index in [1.165, 1.54) is 16.2 Å². The minimum absolute atomic E-state index is 0. The Morgan fingerprint density at radius 2 is 2.07 bits per heavy atom. The number of aryl methyl sites for hydroxylation is 1. The predicted molar refractivity (Wildman–Crippen MR) is 124 cm³/mol. The van der Waals surface area contributed by atoms with Crippen LogP contribution >= 0.6 is 24.0 Å². The highest BCUT2D eigenvalue weighted by Crippen LogP contribution is 2.22. The van der Waals surface area contributed by atoms with E-state index in [9.17, 15) is 13.2 Å². The molecule has 29 heavy (non-hydrogen) atoms. The summed E-state index contributed by atoms with van der Waals surface area (Å²) in [4.78, 5) is 7.99. The smallest absolute Gasteiger partial charge is 0.370 e. The molecular weight excluding hydrogens is 494 g/mol. The van der Waals surface area contributed by atoms with Crippen molar-refractivity contribution in [3.05, 3.63) is 29.8 Å². The number of guanidine groups is 1. The summed E-state index contributed by atoms with van der Waals surface area (Å²) in [6, 6.07) is 8.42. The molecule has 0 saturated carbocycles. The van der Waals surface area contributed by atoms with Crippen molar-refractivity contribution in [3.8, 4) is 0 Å². The van der Waals surface area contributed by atoms with Crippen LogP contribution in [0, 0.1) is 12.8 Å². The zero-order valence-electron chi connectivity index (χ0n) is 17.4. The van der Waals surface area contributed by atoms with E-state index in [1.807, 2.05) is 0 Å². The molecule has 1 saturated heterocycles. The van der Waals surface area contributed by atoms with Crippen LogP contribution in [0.3, 0.4) is 0 Å². The van der Waals surface area contributed by atoms with Gasteiger partial charge < -0.3 is 15.5 Å². The molecule has 1 aromatic carbocycles. The summed E-state index contributed by atoms with van der Waals surface area (Å²) in [5, 5.41) is 6.54. The first kappa shape index (κ1) is 25.8. The van der Waals surface area contributed by atoms with Gasteiger partial charge in [-0.25, -0.2) is 0 Å². The van der Waals surface area contributed by atoms with Crippen molar-refractivity contribution in [2.45, 2.75) is 26.4 Å². The lowest BCUT2D eigenvalue weighted by atomic mass is 10.1. The second-order valence-electron chi connectivity index (χ2n) is 7.30. The lowest BCUT2D eigenvalue weighted by molar-refractivity contribution is -0.143. The summed E-state index contributed by atoms with van der Waals surface area (Å²) in [5.41, 5.74) is 2.43. The van der Waals surface area contributed by atoms with Crippen LogP contribution in [0.25, 0.3) is 0 Å². The fourth-order valence-corrected chi connectivity index (χ4v) is 3.54. The van der Waals surface area contributed by atoms with Crippen LogP contribution in [0.15, 0.2) is 29.3 Å². The number of benzene rings is 1. The van der Waals surface area contributed by atoms with Crippen molar-refractivity contribution >= 4 is 35.6 Å². The van der Waals surface area contributed by atoms with E-state index in [-0.39, 0.29) is 29.9 Å². The number of aliphatic imine (C=N–C) groups is 1. The largest absolute Gasteiger partial charge is 0.401 e. The Bertz CT molecular complexity index is 639. The Morgan fingerprint density at radius 3 is 2.69 bits per heavy atom. The molecule has 166 valence electrons. The first-order valence-electron chi connectivity index (χ1n) is 9.86. The molecule has 1 unspecified atom stereocenters. The standard InChI is InChI=1S/C20H32F3N5.HI/c1-4-28(18-7-5-6-16(2)12-18)11-9-25-19(24-3)26-13-17-8-10-27(14-17)15-20(21,22)23;/h5-7,12,17H,4,8-11,13-15H2,1-3H3,(H2,24,25,26);1H. The molecule has 1 fully saturated rings. The van der Waals surface area contributed by atoms with Crippen molar-refractivity contribution < 1.29 is 13.2 Å². The lowest BCUT2D eigenvalue weighted by Gasteiger charge is -2.24. The van der Waals surface area contributed by atoms with Crippen molar-refractivity contribution in [2.75, 3.05) is 57.8 Å². The van der Waals surface area contributed by atoms with E-state index in [0.717, 1.165) is 26.1 Å². The minimum Gasteiger partial charge on any atom is -0.370 e. The first-order valence-corrected chi connectivity index (χ1v) is 9.86. The van der Waals surface area contributed by atoms with Gasteiger partial charge in [0.25, 0.3) is 0 Å². The Balaban J connectivity index is 0.00000420. The molecule has 1 atom stereocenters. The average molecular weight is 527 g/mol. The maximum Gasteiger partial charge on any atom is 0.401 e. The molecule has 0 radical (unpaired) electrons. The monoisotopic (exact) mass is 527 g/mol. The van der Waals surface area contributed by atoms with Crippen LogP contribution in [-0.4, -0.2) is 69.9 Å². The Morgan fingerprint density at radius 1 is 1.31 bits per heavy atom. The SMILES string of the molecule is CCN(CCNC(=NC)NCC1CCN(CC(F)(F)F)C1)c1cccc(C)c1.I. The van der Waals surface area contributed by atoms with Gasteiger partial charge in [-0.05, 0) is 50.4 Å². The second-order valence-corrected chi connectivity index (χ2v) is 7.30. The average Bonchev–Trinajstić information content (AvgIpc) is 3.06. The molecule has 0 aliphatic carbocycles. The number of likely N-dealkylation sites (N-methyl/N-ethyl adjacent to an activating group) is 1. The van der Waals surface area contributed by atoms with E-state index in [4.69, 9.17) is 0 Å². The van der Waals surface area contributed by atoms with Crippen LogP contribution < -0.4 is 15.5 Å². The number of nitrogens with one attached hydrogen (secondary N) is 2. The van der Waals surface area contributed by atoms with Crippen LogP contribution in [0.2, 0.25) is 0 Å². The molecule has 0 amide bonds. The van der Waals surface area contributed by atoms with Gasteiger partial charge in [0, 0.05) is 45.5 Å². The highest BCUT2D eigenvalue weighted by molar-refractivity contribution is 14.0. The molecule has 9 heteroatoms. The normalized spacial score (nSPS) is 17.7. The van der Waals surface area contributed by atoms with Crippen molar-refractivity contribution in [3.63, 3.8) is 0 Å². The third-order valence-electron chi connectivity index (χ3n) is 4.98. The van der Waals surface area contributed by atoms with E-state index < -0.39 is 12.7 Å². The van der Waals surface area contributed by atoms with E-state index in [2.05, 4.69) is 58.6 Å². The number of halogens is 4. The van der Waals surface area contributed by atoms with E-state index in [0.29, 0.717) is 25.6 Å². The zero-order valence-corrected chi connectivity index (χ0v) is 19.8. The van der Waals surface area contributed by atoms with Crippen molar-refractivity contribution in [1.82, 2.24) is 15.5 Å². The Labute approximate surface area is 189 Å². The fourth-order valence-electron chi connectivity index (χ4n) is 3.54.